The standard InChI is InChI=1S/C21H23N5O2/c1-26(7-6-18(22)28)21-10-20(11-21,12-21)17-9-13-8-15(24-25-19(13)23-17)14-4-2-3-5-16(14)27/h2-5,8-9,27H,6-7,10-12H2,1H3,(H2,22,28)(H,23,25). The van der Waals surface area contributed by atoms with E-state index in [0.29, 0.717) is 24.2 Å². The average molecular weight is 377 g/mol. The highest BCUT2D eigenvalue weighted by Gasteiger charge is 2.70. The van der Waals surface area contributed by atoms with E-state index in [9.17, 15) is 9.90 Å². The van der Waals surface area contributed by atoms with Gasteiger partial charge in [-0.2, -0.15) is 0 Å². The van der Waals surface area contributed by atoms with Gasteiger partial charge in [-0.1, -0.05) is 12.1 Å². The van der Waals surface area contributed by atoms with Crippen LogP contribution >= 0.6 is 0 Å². The molecule has 0 saturated heterocycles. The molecule has 144 valence electrons. The second-order valence-electron chi connectivity index (χ2n) is 8.41. The van der Waals surface area contributed by atoms with Crippen molar-refractivity contribution in [3.63, 3.8) is 0 Å². The molecule has 0 spiro atoms. The minimum Gasteiger partial charge on any atom is -0.507 e. The third kappa shape index (κ3) is 2.43. The van der Waals surface area contributed by atoms with Gasteiger partial charge >= 0.3 is 0 Å². The van der Waals surface area contributed by atoms with Gasteiger partial charge in [-0.25, -0.2) is 0 Å². The summed E-state index contributed by atoms with van der Waals surface area (Å²) < 4.78 is 0. The summed E-state index contributed by atoms with van der Waals surface area (Å²) in [7, 11) is 2.08. The number of phenols is 1. The predicted octanol–water partition coefficient (Wildman–Crippen LogP) is 2.31. The molecule has 2 heterocycles. The number of carbonyl (C=O) groups is 1. The molecule has 3 fully saturated rings. The van der Waals surface area contributed by atoms with Crippen molar-refractivity contribution in [1.29, 1.82) is 0 Å². The number of hydrogen-bond donors (Lipinski definition) is 3. The molecule has 3 aliphatic rings. The van der Waals surface area contributed by atoms with Crippen LogP contribution in [0.15, 0.2) is 36.4 Å². The van der Waals surface area contributed by atoms with Crippen molar-refractivity contribution in [2.45, 2.75) is 36.6 Å². The van der Waals surface area contributed by atoms with Crippen molar-refractivity contribution >= 4 is 16.9 Å². The van der Waals surface area contributed by atoms with Gasteiger partial charge in [0.1, 0.15) is 5.75 Å². The number of nitrogens with zero attached hydrogens (tertiary/aromatic N) is 3. The van der Waals surface area contributed by atoms with E-state index in [1.807, 2.05) is 18.2 Å². The first-order chi connectivity index (χ1) is 13.4. The Morgan fingerprint density at radius 3 is 2.71 bits per heavy atom. The molecule has 2 aromatic heterocycles. The Morgan fingerprint density at radius 1 is 1.25 bits per heavy atom. The normalized spacial score (nSPS) is 25.5. The van der Waals surface area contributed by atoms with Gasteiger partial charge in [-0.05, 0) is 50.6 Å². The maximum absolute atomic E-state index is 11.0. The van der Waals surface area contributed by atoms with Gasteiger partial charge in [0.2, 0.25) is 5.91 Å². The molecule has 1 amide bonds. The van der Waals surface area contributed by atoms with E-state index >= 15 is 0 Å². The molecular weight excluding hydrogens is 354 g/mol. The van der Waals surface area contributed by atoms with E-state index in [1.165, 1.54) is 5.69 Å². The van der Waals surface area contributed by atoms with E-state index < -0.39 is 0 Å². The minimum atomic E-state index is -0.248. The molecule has 1 aromatic carbocycles. The number of H-pyrrole nitrogens is 1. The number of carbonyl (C=O) groups excluding carboxylic acids is 1. The van der Waals surface area contributed by atoms with E-state index in [2.05, 4.69) is 33.2 Å². The molecule has 4 N–H and O–H groups in total. The van der Waals surface area contributed by atoms with Gasteiger partial charge in [0.05, 0.1) is 5.69 Å². The van der Waals surface area contributed by atoms with Crippen molar-refractivity contribution < 1.29 is 9.90 Å². The summed E-state index contributed by atoms with van der Waals surface area (Å²) in [5.74, 6) is -0.0464. The van der Waals surface area contributed by atoms with Gasteiger partial charge in [0, 0.05) is 40.6 Å². The molecule has 0 radical (unpaired) electrons. The number of hydrogen-bond acceptors (Lipinski definition) is 5. The Hall–Kier alpha value is -2.93. The van der Waals surface area contributed by atoms with Gasteiger partial charge in [0.15, 0.2) is 5.65 Å². The molecule has 0 atom stereocenters. The number of aromatic nitrogens is 3. The molecule has 2 bridgehead atoms. The Bertz CT molecular complexity index is 1070. The zero-order valence-corrected chi connectivity index (χ0v) is 15.8. The first kappa shape index (κ1) is 17.2. The molecule has 7 heteroatoms. The lowest BCUT2D eigenvalue weighted by molar-refractivity contribution is -0.163. The van der Waals surface area contributed by atoms with Crippen molar-refractivity contribution in [3.05, 3.63) is 42.1 Å². The molecule has 7 nitrogen and oxygen atoms in total. The first-order valence-electron chi connectivity index (χ1n) is 9.56. The second kappa shape index (κ2) is 5.78. The van der Waals surface area contributed by atoms with Gasteiger partial charge in [-0.3, -0.25) is 4.79 Å². The number of primary amides is 1. The number of nitrogens with two attached hydrogens (primary N) is 1. The van der Waals surface area contributed by atoms with Crippen LogP contribution in [0.4, 0.5) is 0 Å². The highest BCUT2D eigenvalue weighted by molar-refractivity contribution is 5.82. The number of amides is 1. The SMILES string of the molecule is CN(CCC(N)=O)C12CC(c3cc4cc(-c5ccccc5O)nnc4[nH]3)(C1)C2. The van der Waals surface area contributed by atoms with Crippen molar-refractivity contribution in [2.75, 3.05) is 13.6 Å². The second-order valence-corrected chi connectivity index (χ2v) is 8.41. The minimum absolute atomic E-state index is 0.177. The average Bonchev–Trinajstić information content (AvgIpc) is 3.01. The molecule has 0 aliphatic heterocycles. The zero-order chi connectivity index (χ0) is 19.5. The maximum Gasteiger partial charge on any atom is 0.218 e. The number of aromatic amines is 1. The number of rotatable bonds is 6. The number of aromatic hydroxyl groups is 1. The van der Waals surface area contributed by atoms with Crippen LogP contribution < -0.4 is 5.73 Å². The topological polar surface area (TPSA) is 108 Å². The molecule has 0 unspecified atom stereocenters. The quantitative estimate of drug-likeness (QED) is 0.611. The number of fused-ring (bicyclic) bond motifs is 1. The lowest BCUT2D eigenvalue weighted by Gasteiger charge is -2.73. The van der Waals surface area contributed by atoms with Gasteiger partial charge in [0.25, 0.3) is 0 Å². The van der Waals surface area contributed by atoms with Crippen LogP contribution in [0, 0.1) is 0 Å². The molecule has 3 aliphatic carbocycles. The van der Waals surface area contributed by atoms with Crippen LogP contribution in [0.1, 0.15) is 31.4 Å². The fraction of sp³-hybridized carbons (Fsp3) is 0.381. The smallest absolute Gasteiger partial charge is 0.218 e. The van der Waals surface area contributed by atoms with Crippen LogP contribution in [0.3, 0.4) is 0 Å². The van der Waals surface area contributed by atoms with Crippen molar-refractivity contribution in [1.82, 2.24) is 20.1 Å². The van der Waals surface area contributed by atoms with Crippen LogP contribution in [-0.4, -0.2) is 50.2 Å². The summed E-state index contributed by atoms with van der Waals surface area (Å²) >= 11 is 0. The van der Waals surface area contributed by atoms with Crippen molar-refractivity contribution in [3.8, 4) is 17.0 Å². The third-order valence-corrected chi connectivity index (χ3v) is 6.63. The zero-order valence-electron chi connectivity index (χ0n) is 15.8. The largest absolute Gasteiger partial charge is 0.507 e. The van der Waals surface area contributed by atoms with Crippen molar-refractivity contribution in [2.24, 2.45) is 5.73 Å². The summed E-state index contributed by atoms with van der Waals surface area (Å²) in [6.07, 6.45) is 3.66. The number of nitrogens with one attached hydrogen (secondary N) is 1. The first-order valence-corrected chi connectivity index (χ1v) is 9.56. The molecule has 28 heavy (non-hydrogen) atoms. The van der Waals surface area contributed by atoms with E-state index in [4.69, 9.17) is 5.73 Å². The number of benzene rings is 1. The third-order valence-electron chi connectivity index (χ3n) is 6.63. The fourth-order valence-electron chi connectivity index (χ4n) is 4.98. The lowest BCUT2D eigenvalue weighted by atomic mass is 9.38. The van der Waals surface area contributed by atoms with E-state index in [0.717, 1.165) is 30.3 Å². The van der Waals surface area contributed by atoms with E-state index in [-0.39, 0.29) is 22.6 Å². The summed E-state index contributed by atoms with van der Waals surface area (Å²) in [6, 6.07) is 11.3. The van der Waals surface area contributed by atoms with Crippen LogP contribution in [0.25, 0.3) is 22.3 Å². The summed E-state index contributed by atoms with van der Waals surface area (Å²) in [5.41, 5.74) is 8.99. The maximum atomic E-state index is 11.0. The van der Waals surface area contributed by atoms with Crippen LogP contribution in [0.2, 0.25) is 0 Å². The van der Waals surface area contributed by atoms with Gasteiger partial charge < -0.3 is 20.7 Å². The summed E-state index contributed by atoms with van der Waals surface area (Å²) in [5, 5.41) is 19.7. The molecule has 3 aromatic rings. The van der Waals surface area contributed by atoms with Crippen LogP contribution in [-0.2, 0) is 10.2 Å². The Balaban J connectivity index is 1.36. The molecular formula is C21H23N5O2. The summed E-state index contributed by atoms with van der Waals surface area (Å²) in [6.45, 7) is 0.716. The monoisotopic (exact) mass is 377 g/mol. The lowest BCUT2D eigenvalue weighted by Crippen LogP contribution is -2.76. The summed E-state index contributed by atoms with van der Waals surface area (Å²) in [4.78, 5) is 16.8. The highest BCUT2D eigenvalue weighted by Crippen LogP contribution is 2.69. The van der Waals surface area contributed by atoms with Gasteiger partial charge in [-0.15, -0.1) is 10.2 Å². The van der Waals surface area contributed by atoms with E-state index in [1.54, 1.807) is 12.1 Å². The van der Waals surface area contributed by atoms with Crippen LogP contribution in [0.5, 0.6) is 5.75 Å². The Labute approximate surface area is 162 Å². The number of phenolic OH excluding ortho intramolecular Hbond substituents is 1. The number of para-hydroxylation sites is 1. The highest BCUT2D eigenvalue weighted by atomic mass is 16.3. The Morgan fingerprint density at radius 2 is 2.00 bits per heavy atom. The fourth-order valence-corrected chi connectivity index (χ4v) is 4.98. The Kier molecular flexibility index (Phi) is 3.55. The molecule has 6 rings (SSSR count). The predicted molar refractivity (Wildman–Crippen MR) is 106 cm³/mol. The molecule has 3 saturated carbocycles.